The van der Waals surface area contributed by atoms with Crippen LogP contribution >= 0.6 is 35.0 Å². The first-order valence-electron chi connectivity index (χ1n) is 9.62. The van der Waals surface area contributed by atoms with Gasteiger partial charge in [0.15, 0.2) is 6.61 Å². The van der Waals surface area contributed by atoms with Crippen LogP contribution in [0.4, 0.5) is 5.69 Å². The van der Waals surface area contributed by atoms with Crippen LogP contribution < -0.4 is 5.32 Å². The minimum atomic E-state index is -0.654. The molecule has 0 aliphatic heterocycles. The number of thioether (sulfide) groups is 1. The third kappa shape index (κ3) is 6.63. The number of hydrogen-bond donors (Lipinski definition) is 1. The molecule has 1 amide bonds. The Morgan fingerprint density at radius 1 is 1.19 bits per heavy atom. The van der Waals surface area contributed by atoms with Crippen molar-refractivity contribution in [3.05, 3.63) is 81.6 Å². The van der Waals surface area contributed by atoms with Gasteiger partial charge in [0.05, 0.1) is 12.2 Å². The van der Waals surface area contributed by atoms with Crippen molar-refractivity contribution < 1.29 is 14.3 Å². The van der Waals surface area contributed by atoms with Gasteiger partial charge in [0.25, 0.3) is 5.91 Å². The van der Waals surface area contributed by atoms with Crippen LogP contribution in [0.2, 0.25) is 10.2 Å². The second kappa shape index (κ2) is 11.2. The zero-order valence-corrected chi connectivity index (χ0v) is 19.8. The number of anilines is 1. The lowest BCUT2D eigenvalue weighted by molar-refractivity contribution is -0.142. The number of esters is 1. The minimum absolute atomic E-state index is 0.394. The maximum absolute atomic E-state index is 12.1. The highest BCUT2D eigenvalue weighted by molar-refractivity contribution is 7.98. The molecule has 0 saturated heterocycles. The van der Waals surface area contributed by atoms with Gasteiger partial charge in [-0.1, -0.05) is 41.4 Å². The first kappa shape index (κ1) is 23.9. The Hall–Kier alpha value is -2.74. The summed E-state index contributed by atoms with van der Waals surface area (Å²) in [6, 6.07) is 14.8. The summed E-state index contributed by atoms with van der Waals surface area (Å²) in [6.45, 7) is 1.87. The molecule has 3 rings (SSSR count). The standard InChI is InChI=1S/C23H21Cl2N3O3S/c1-15-20(23(25)28(27-15)13-16-6-8-17(24)9-7-16)10-11-22(30)31-14-21(29)26-18-4-3-5-19(12-18)32-2/h3-12H,13-14H2,1-2H3,(H,26,29)/b11-10+. The third-order valence-electron chi connectivity index (χ3n) is 4.44. The lowest BCUT2D eigenvalue weighted by Crippen LogP contribution is -2.20. The van der Waals surface area contributed by atoms with Crippen molar-refractivity contribution in [2.24, 2.45) is 0 Å². The molecular weight excluding hydrogens is 469 g/mol. The van der Waals surface area contributed by atoms with E-state index in [-0.39, 0.29) is 0 Å². The fraction of sp³-hybridized carbons (Fsp3) is 0.174. The van der Waals surface area contributed by atoms with E-state index in [0.717, 1.165) is 10.5 Å². The molecule has 0 atom stereocenters. The molecule has 0 unspecified atom stereocenters. The largest absolute Gasteiger partial charge is 0.452 e. The highest BCUT2D eigenvalue weighted by Crippen LogP contribution is 2.23. The number of nitrogens with zero attached hydrogens (tertiary/aromatic N) is 2. The maximum Gasteiger partial charge on any atom is 0.331 e. The molecule has 0 radical (unpaired) electrons. The van der Waals surface area contributed by atoms with Crippen molar-refractivity contribution >= 4 is 58.6 Å². The third-order valence-corrected chi connectivity index (χ3v) is 5.82. The first-order chi connectivity index (χ1) is 15.4. The number of ether oxygens (including phenoxy) is 1. The Labute approximate surface area is 200 Å². The zero-order chi connectivity index (χ0) is 23.1. The summed E-state index contributed by atoms with van der Waals surface area (Å²) < 4.78 is 6.66. The molecule has 0 fully saturated rings. The molecule has 3 aromatic rings. The summed E-state index contributed by atoms with van der Waals surface area (Å²) in [7, 11) is 0. The zero-order valence-electron chi connectivity index (χ0n) is 17.5. The molecule has 32 heavy (non-hydrogen) atoms. The molecule has 0 spiro atoms. The SMILES string of the molecule is CSc1cccc(NC(=O)COC(=O)/C=C/c2c(C)nn(Cc3ccc(Cl)cc3)c2Cl)c1. The van der Waals surface area contributed by atoms with Crippen LogP contribution in [0.25, 0.3) is 6.08 Å². The van der Waals surface area contributed by atoms with Crippen molar-refractivity contribution in [3.8, 4) is 0 Å². The van der Waals surface area contributed by atoms with Crippen LogP contribution in [0.5, 0.6) is 0 Å². The summed E-state index contributed by atoms with van der Waals surface area (Å²) in [5.74, 6) is -1.08. The van der Waals surface area contributed by atoms with E-state index in [1.54, 1.807) is 41.6 Å². The van der Waals surface area contributed by atoms with Gasteiger partial charge in [-0.25, -0.2) is 9.48 Å². The van der Waals surface area contributed by atoms with Crippen LogP contribution in [0.1, 0.15) is 16.8 Å². The van der Waals surface area contributed by atoms with Crippen molar-refractivity contribution in [1.29, 1.82) is 0 Å². The molecule has 1 N–H and O–H groups in total. The van der Waals surface area contributed by atoms with E-state index in [2.05, 4.69) is 10.4 Å². The average Bonchev–Trinajstić information content (AvgIpc) is 3.04. The number of aromatic nitrogens is 2. The fourth-order valence-electron chi connectivity index (χ4n) is 2.86. The molecule has 6 nitrogen and oxygen atoms in total. The number of nitrogens with one attached hydrogen (secondary N) is 1. The highest BCUT2D eigenvalue weighted by Gasteiger charge is 2.13. The van der Waals surface area contributed by atoms with Gasteiger partial charge in [-0.2, -0.15) is 5.10 Å². The molecule has 1 heterocycles. The lowest BCUT2D eigenvalue weighted by Gasteiger charge is -2.06. The van der Waals surface area contributed by atoms with Crippen molar-refractivity contribution in [2.75, 3.05) is 18.2 Å². The predicted octanol–water partition coefficient (Wildman–Crippen LogP) is 5.46. The number of aryl methyl sites for hydroxylation is 1. The number of hydrogen-bond acceptors (Lipinski definition) is 5. The Balaban J connectivity index is 1.56. The van der Waals surface area contributed by atoms with E-state index in [1.165, 1.54) is 12.2 Å². The Morgan fingerprint density at radius 3 is 2.66 bits per heavy atom. The molecule has 0 aliphatic carbocycles. The second-order valence-corrected chi connectivity index (χ2v) is 8.47. The summed E-state index contributed by atoms with van der Waals surface area (Å²) >= 11 is 13.9. The lowest BCUT2D eigenvalue weighted by atomic mass is 10.2. The topological polar surface area (TPSA) is 73.2 Å². The van der Waals surface area contributed by atoms with Crippen LogP contribution in [-0.2, 0) is 20.9 Å². The summed E-state index contributed by atoms with van der Waals surface area (Å²) in [4.78, 5) is 25.1. The van der Waals surface area contributed by atoms with Crippen molar-refractivity contribution in [3.63, 3.8) is 0 Å². The normalized spacial score (nSPS) is 11.0. The number of amides is 1. The van der Waals surface area contributed by atoms with E-state index in [1.807, 2.05) is 36.6 Å². The van der Waals surface area contributed by atoms with Gasteiger partial charge in [-0.05, 0) is 55.2 Å². The minimum Gasteiger partial charge on any atom is -0.452 e. The summed E-state index contributed by atoms with van der Waals surface area (Å²) in [6.07, 6.45) is 4.71. The molecule has 166 valence electrons. The predicted molar refractivity (Wildman–Crippen MR) is 129 cm³/mol. The van der Waals surface area contributed by atoms with Crippen molar-refractivity contribution in [2.45, 2.75) is 18.4 Å². The highest BCUT2D eigenvalue weighted by atomic mass is 35.5. The van der Waals surface area contributed by atoms with Crippen LogP contribution in [0.3, 0.4) is 0 Å². The van der Waals surface area contributed by atoms with E-state index < -0.39 is 18.5 Å². The summed E-state index contributed by atoms with van der Waals surface area (Å²) in [5.41, 5.74) is 2.90. The quantitative estimate of drug-likeness (QED) is 0.258. The Bertz CT molecular complexity index is 1140. The fourth-order valence-corrected chi connectivity index (χ4v) is 3.74. The van der Waals surface area contributed by atoms with E-state index >= 15 is 0 Å². The molecule has 9 heteroatoms. The van der Waals surface area contributed by atoms with Crippen LogP contribution in [0, 0.1) is 6.92 Å². The van der Waals surface area contributed by atoms with Gasteiger partial charge in [-0.3, -0.25) is 4.79 Å². The van der Waals surface area contributed by atoms with Gasteiger partial charge in [0.1, 0.15) is 5.15 Å². The van der Waals surface area contributed by atoms with Gasteiger partial charge >= 0.3 is 5.97 Å². The summed E-state index contributed by atoms with van der Waals surface area (Å²) in [5, 5.41) is 8.17. The Kier molecular flexibility index (Phi) is 8.39. The number of benzene rings is 2. The number of rotatable bonds is 8. The van der Waals surface area contributed by atoms with Crippen LogP contribution in [0.15, 0.2) is 59.5 Å². The molecular formula is C23H21Cl2N3O3S. The van der Waals surface area contributed by atoms with Crippen LogP contribution in [-0.4, -0.2) is 34.5 Å². The van der Waals surface area contributed by atoms with Crippen molar-refractivity contribution in [1.82, 2.24) is 9.78 Å². The molecule has 2 aromatic carbocycles. The smallest absolute Gasteiger partial charge is 0.331 e. The number of carbonyl (C=O) groups excluding carboxylic acids is 2. The van der Waals surface area contributed by atoms with E-state index in [9.17, 15) is 9.59 Å². The molecule has 1 aromatic heterocycles. The molecule has 0 aliphatic rings. The van der Waals surface area contributed by atoms with Gasteiger partial charge in [0, 0.05) is 27.2 Å². The monoisotopic (exact) mass is 489 g/mol. The average molecular weight is 490 g/mol. The molecule has 0 bridgehead atoms. The number of halogens is 2. The first-order valence-corrected chi connectivity index (χ1v) is 11.6. The van der Waals surface area contributed by atoms with E-state index in [0.29, 0.717) is 33.7 Å². The molecule has 0 saturated carbocycles. The Morgan fingerprint density at radius 2 is 1.94 bits per heavy atom. The number of carbonyl (C=O) groups is 2. The van der Waals surface area contributed by atoms with E-state index in [4.69, 9.17) is 27.9 Å². The van der Waals surface area contributed by atoms with Gasteiger partial charge < -0.3 is 10.1 Å². The van der Waals surface area contributed by atoms with Gasteiger partial charge in [-0.15, -0.1) is 11.8 Å². The van der Waals surface area contributed by atoms with Gasteiger partial charge in [0.2, 0.25) is 0 Å². The second-order valence-electron chi connectivity index (χ2n) is 6.80. The maximum atomic E-state index is 12.1.